The minimum atomic E-state index is -0.176. The highest BCUT2D eigenvalue weighted by atomic mass is 16.5. The van der Waals surface area contributed by atoms with Gasteiger partial charge in [-0.25, -0.2) is 4.98 Å². The van der Waals surface area contributed by atoms with Gasteiger partial charge in [0.05, 0.1) is 29.6 Å². The van der Waals surface area contributed by atoms with Crippen LogP contribution < -0.4 is 10.6 Å². The number of aryl methyl sites for hydroxylation is 1. The summed E-state index contributed by atoms with van der Waals surface area (Å²) in [4.78, 5) is 28.6. The number of benzene rings is 2. The minimum Gasteiger partial charge on any atom is -0.370 e. The van der Waals surface area contributed by atoms with E-state index in [4.69, 9.17) is 4.74 Å². The lowest BCUT2D eigenvalue weighted by atomic mass is 9.90. The van der Waals surface area contributed by atoms with Crippen molar-refractivity contribution in [2.45, 2.75) is 51.9 Å². The van der Waals surface area contributed by atoms with Gasteiger partial charge in [0.15, 0.2) is 0 Å². The van der Waals surface area contributed by atoms with Crippen LogP contribution in [0.25, 0.3) is 11.0 Å². The molecule has 0 aliphatic carbocycles. The summed E-state index contributed by atoms with van der Waals surface area (Å²) in [5.74, 6) is 0.175. The Balaban J connectivity index is 1.45. The molecular weight excluding hydrogens is 404 g/mol. The summed E-state index contributed by atoms with van der Waals surface area (Å²) in [5.41, 5.74) is 4.09. The number of imidazole rings is 1. The van der Waals surface area contributed by atoms with Crippen molar-refractivity contribution in [2.24, 2.45) is 13.0 Å². The normalized spacial score (nSPS) is 21.0. The SMILES string of the molecule is CC(=O)N[C@H]1C[C@@H](c2ccc(NC(=O)c3ccc4c(c3)ncn4C)cc2)O[C@@H](C(C)C)C1. The molecule has 0 unspecified atom stereocenters. The number of nitrogens with one attached hydrogen (secondary N) is 2. The van der Waals surface area contributed by atoms with Crippen LogP contribution in [0.4, 0.5) is 5.69 Å². The lowest BCUT2D eigenvalue weighted by molar-refractivity contribution is -0.123. The van der Waals surface area contributed by atoms with Gasteiger partial charge in [0.25, 0.3) is 5.91 Å². The number of fused-ring (bicyclic) bond motifs is 1. The number of carbonyl (C=O) groups excluding carboxylic acids is 2. The first-order valence-corrected chi connectivity index (χ1v) is 11.0. The molecule has 2 aromatic carbocycles. The average Bonchev–Trinajstić information content (AvgIpc) is 3.13. The number of rotatable bonds is 5. The van der Waals surface area contributed by atoms with Crippen molar-refractivity contribution in [3.63, 3.8) is 0 Å². The predicted molar refractivity (Wildman–Crippen MR) is 124 cm³/mol. The van der Waals surface area contributed by atoms with E-state index in [9.17, 15) is 9.59 Å². The number of amides is 2. The second-order valence-corrected chi connectivity index (χ2v) is 8.91. The van der Waals surface area contributed by atoms with Gasteiger partial charge in [-0.1, -0.05) is 26.0 Å². The van der Waals surface area contributed by atoms with Gasteiger partial charge in [-0.2, -0.15) is 0 Å². The number of hydrogen-bond acceptors (Lipinski definition) is 4. The first-order valence-electron chi connectivity index (χ1n) is 11.0. The lowest BCUT2D eigenvalue weighted by Gasteiger charge is -2.37. The summed E-state index contributed by atoms with van der Waals surface area (Å²) in [6, 6.07) is 13.3. The summed E-state index contributed by atoms with van der Waals surface area (Å²) in [5, 5.41) is 6.00. The smallest absolute Gasteiger partial charge is 0.255 e. The molecule has 2 heterocycles. The van der Waals surface area contributed by atoms with Crippen molar-refractivity contribution in [2.75, 3.05) is 5.32 Å². The molecule has 4 rings (SSSR count). The minimum absolute atomic E-state index is 0.0138. The van der Waals surface area contributed by atoms with E-state index in [2.05, 4.69) is 29.5 Å². The van der Waals surface area contributed by atoms with Crippen LogP contribution >= 0.6 is 0 Å². The van der Waals surface area contributed by atoms with Crippen molar-refractivity contribution < 1.29 is 14.3 Å². The van der Waals surface area contributed by atoms with Gasteiger partial charge in [0.2, 0.25) is 5.91 Å². The van der Waals surface area contributed by atoms with E-state index < -0.39 is 0 Å². The van der Waals surface area contributed by atoms with Crippen molar-refractivity contribution >= 4 is 28.5 Å². The van der Waals surface area contributed by atoms with Gasteiger partial charge < -0.3 is 19.9 Å². The van der Waals surface area contributed by atoms with Crippen LogP contribution in [0.5, 0.6) is 0 Å². The Kier molecular flexibility index (Phi) is 6.28. The average molecular weight is 435 g/mol. The zero-order valence-electron chi connectivity index (χ0n) is 19.0. The van der Waals surface area contributed by atoms with Crippen LogP contribution in [-0.4, -0.2) is 33.5 Å². The number of anilines is 1. The third kappa shape index (κ3) is 4.83. The molecule has 7 nitrogen and oxygen atoms in total. The molecule has 3 aromatic rings. The van der Waals surface area contributed by atoms with E-state index in [0.717, 1.165) is 35.1 Å². The highest BCUT2D eigenvalue weighted by Gasteiger charge is 2.32. The van der Waals surface area contributed by atoms with Gasteiger partial charge >= 0.3 is 0 Å². The van der Waals surface area contributed by atoms with Gasteiger partial charge in [-0.3, -0.25) is 9.59 Å². The summed E-state index contributed by atoms with van der Waals surface area (Å²) in [6.45, 7) is 5.83. The summed E-state index contributed by atoms with van der Waals surface area (Å²) >= 11 is 0. The molecular formula is C25H30N4O3. The van der Waals surface area contributed by atoms with Crippen molar-refractivity contribution in [1.82, 2.24) is 14.9 Å². The molecule has 2 amide bonds. The van der Waals surface area contributed by atoms with Crippen LogP contribution in [0.2, 0.25) is 0 Å². The topological polar surface area (TPSA) is 85.3 Å². The number of nitrogens with zero attached hydrogens (tertiary/aromatic N) is 2. The second-order valence-electron chi connectivity index (χ2n) is 8.91. The Hall–Kier alpha value is -3.19. The summed E-state index contributed by atoms with van der Waals surface area (Å²) in [7, 11) is 1.93. The number of aromatic nitrogens is 2. The largest absolute Gasteiger partial charge is 0.370 e. The maximum atomic E-state index is 12.7. The first kappa shape index (κ1) is 22.0. The molecule has 0 saturated carbocycles. The van der Waals surface area contributed by atoms with Crippen molar-refractivity contribution in [3.8, 4) is 0 Å². The van der Waals surface area contributed by atoms with Crippen molar-refractivity contribution in [3.05, 3.63) is 59.9 Å². The third-order valence-electron chi connectivity index (χ3n) is 6.03. The quantitative estimate of drug-likeness (QED) is 0.630. The Bertz CT molecular complexity index is 1120. The molecule has 2 N–H and O–H groups in total. The van der Waals surface area contributed by atoms with Crippen LogP contribution in [0.1, 0.15) is 55.6 Å². The van der Waals surface area contributed by atoms with Gasteiger partial charge in [-0.15, -0.1) is 0 Å². The third-order valence-corrected chi connectivity index (χ3v) is 6.03. The summed E-state index contributed by atoms with van der Waals surface area (Å²) < 4.78 is 8.25. The fourth-order valence-corrected chi connectivity index (χ4v) is 4.27. The van der Waals surface area contributed by atoms with Crippen LogP contribution in [0, 0.1) is 5.92 Å². The lowest BCUT2D eigenvalue weighted by Crippen LogP contribution is -2.43. The van der Waals surface area contributed by atoms with Crippen LogP contribution in [0.15, 0.2) is 48.8 Å². The molecule has 7 heteroatoms. The highest BCUT2D eigenvalue weighted by Crippen LogP contribution is 2.34. The molecule has 1 aliphatic heterocycles. The second kappa shape index (κ2) is 9.12. The maximum Gasteiger partial charge on any atom is 0.255 e. The van der Waals surface area contributed by atoms with Gasteiger partial charge in [0, 0.05) is 31.3 Å². The van der Waals surface area contributed by atoms with E-state index in [1.54, 1.807) is 25.4 Å². The highest BCUT2D eigenvalue weighted by molar-refractivity contribution is 6.05. The molecule has 168 valence electrons. The van der Waals surface area contributed by atoms with Crippen molar-refractivity contribution in [1.29, 1.82) is 0 Å². The predicted octanol–water partition coefficient (Wildman–Crippen LogP) is 4.21. The number of ether oxygens (including phenoxy) is 1. The molecule has 0 spiro atoms. The molecule has 1 aromatic heterocycles. The molecule has 0 radical (unpaired) electrons. The maximum absolute atomic E-state index is 12.7. The Morgan fingerprint density at radius 2 is 1.88 bits per heavy atom. The molecule has 1 aliphatic rings. The Morgan fingerprint density at radius 3 is 2.56 bits per heavy atom. The summed E-state index contributed by atoms with van der Waals surface area (Å²) in [6.07, 6.45) is 3.29. The number of carbonyl (C=O) groups is 2. The first-order chi connectivity index (χ1) is 15.3. The van der Waals surface area contributed by atoms with Gasteiger partial charge in [0.1, 0.15) is 0 Å². The van der Waals surface area contributed by atoms with E-state index in [-0.39, 0.29) is 30.1 Å². The van der Waals surface area contributed by atoms with Gasteiger partial charge in [-0.05, 0) is 54.7 Å². The van der Waals surface area contributed by atoms with Crippen LogP contribution in [0.3, 0.4) is 0 Å². The molecule has 3 atom stereocenters. The van der Waals surface area contributed by atoms with E-state index >= 15 is 0 Å². The number of hydrogen-bond donors (Lipinski definition) is 2. The molecule has 1 fully saturated rings. The fourth-order valence-electron chi connectivity index (χ4n) is 4.27. The van der Waals surface area contributed by atoms with E-state index in [0.29, 0.717) is 11.5 Å². The van der Waals surface area contributed by atoms with E-state index in [1.165, 1.54) is 0 Å². The molecule has 0 bridgehead atoms. The molecule has 1 saturated heterocycles. The molecule has 32 heavy (non-hydrogen) atoms. The fraction of sp³-hybridized carbons (Fsp3) is 0.400. The monoisotopic (exact) mass is 434 g/mol. The zero-order valence-corrected chi connectivity index (χ0v) is 19.0. The standard InChI is InChI=1S/C25H30N4O3/c1-15(2)23-12-20(27-16(3)30)13-24(32-23)17-5-8-19(9-6-17)28-25(31)18-7-10-22-21(11-18)26-14-29(22)4/h5-11,14-15,20,23-24H,12-13H2,1-4H3,(H,27,30)(H,28,31)/t20-,23-,24+/m1/s1. The van der Waals surface area contributed by atoms with Crippen LogP contribution in [-0.2, 0) is 16.6 Å². The van der Waals surface area contributed by atoms with E-state index in [1.807, 2.05) is 41.9 Å². The zero-order chi connectivity index (χ0) is 22.8. The Morgan fingerprint density at radius 1 is 1.12 bits per heavy atom. The Labute approximate surface area is 188 Å².